The van der Waals surface area contributed by atoms with E-state index in [-0.39, 0.29) is 5.82 Å². The van der Waals surface area contributed by atoms with E-state index in [1.165, 1.54) is 73.3 Å². The van der Waals surface area contributed by atoms with Crippen molar-refractivity contribution in [3.63, 3.8) is 0 Å². The van der Waals surface area contributed by atoms with Gasteiger partial charge in [-0.1, -0.05) is 136 Å². The number of carbonyl (C=O) groups is 1. The Morgan fingerprint density at radius 2 is 1.56 bits per heavy atom. The van der Waals surface area contributed by atoms with Gasteiger partial charge in [0.25, 0.3) is 0 Å². The van der Waals surface area contributed by atoms with Crippen LogP contribution in [-0.2, 0) is 16.0 Å². The highest BCUT2D eigenvalue weighted by atomic mass is 32.1. The quantitative estimate of drug-likeness (QED) is 0.0214. The number of aromatic nitrogens is 1. The molecule has 1 aromatic heterocycles. The summed E-state index contributed by atoms with van der Waals surface area (Å²) >= 11 is 1.71. The van der Waals surface area contributed by atoms with Gasteiger partial charge >= 0.3 is 5.97 Å². The summed E-state index contributed by atoms with van der Waals surface area (Å²) in [6.07, 6.45) is 14.4. The number of benzene rings is 6. The maximum absolute atomic E-state index is 15.3. The van der Waals surface area contributed by atoms with Crippen LogP contribution in [0.5, 0.6) is 5.75 Å². The second-order valence-electron chi connectivity index (χ2n) is 17.4. The predicted octanol–water partition coefficient (Wildman–Crippen LogP) is 14.8. The number of para-hydroxylation sites is 1. The van der Waals surface area contributed by atoms with Gasteiger partial charge in [-0.3, -0.25) is 0 Å². The molecule has 8 rings (SSSR count). The summed E-state index contributed by atoms with van der Waals surface area (Å²) in [6, 6.07) is 40.8. The minimum atomic E-state index is -0.396. The van der Waals surface area contributed by atoms with E-state index in [4.69, 9.17) is 19.6 Å². The first kappa shape index (κ1) is 46.0. The summed E-state index contributed by atoms with van der Waals surface area (Å²) in [7, 11) is 0. The van der Waals surface area contributed by atoms with Crippen LogP contribution in [0.3, 0.4) is 0 Å². The number of nitrogens with zero attached hydrogens (tertiary/aromatic N) is 3. The molecule has 0 radical (unpaired) electrons. The summed E-state index contributed by atoms with van der Waals surface area (Å²) in [5, 5.41) is 10.6. The zero-order valence-corrected chi connectivity index (χ0v) is 39.0. The number of anilines is 1. The fraction of sp³-hybridized carbons (Fsp3) is 0.293. The van der Waals surface area contributed by atoms with Gasteiger partial charge in [0.1, 0.15) is 11.6 Å². The Morgan fingerprint density at radius 3 is 2.33 bits per heavy atom. The topological polar surface area (TPSA) is 64.0 Å². The highest BCUT2D eigenvalue weighted by molar-refractivity contribution is 7.22. The van der Waals surface area contributed by atoms with E-state index in [9.17, 15) is 4.79 Å². The SMILES string of the molecule is C=C(C)C(=O)OCCCCOc1ccc(-c2ccc(C#Cc3ccc4c(/C=N/N(CC5CCCCC5)c5nc6ccccc6s5)c(-c5ccc(CCCCC)cc5)ccc4c3)cc2)c(F)c1. The zero-order chi connectivity index (χ0) is 45.7. The van der Waals surface area contributed by atoms with Crippen molar-refractivity contribution < 1.29 is 18.7 Å². The second kappa shape index (κ2) is 22.6. The molecule has 1 saturated carbocycles. The third-order valence-electron chi connectivity index (χ3n) is 12.3. The standard InChI is InChI=1S/C58H58FN3O3S/c1-4-5-7-14-42-21-26-46(27-22-42)50-33-30-48-37-44(20-19-43-23-28-47(29-24-43)52-34-31-49(38-54(52)59)64-35-12-13-36-65-57(63)41(2)3)25-32-51(48)53(50)39-60-62(40-45-15-8-6-9-16-45)58-61-55-17-10-11-18-56(55)66-58/h10-11,17-18,21-34,37-39,45H,2,4-9,12-16,35-36,40H2,1,3H3/b60-39+. The van der Waals surface area contributed by atoms with Crippen molar-refractivity contribution in [2.75, 3.05) is 24.8 Å². The Labute approximate surface area is 393 Å². The van der Waals surface area contributed by atoms with Crippen LogP contribution < -0.4 is 9.75 Å². The monoisotopic (exact) mass is 895 g/mol. The lowest BCUT2D eigenvalue weighted by atomic mass is 9.89. The van der Waals surface area contributed by atoms with Crippen molar-refractivity contribution in [2.24, 2.45) is 11.0 Å². The van der Waals surface area contributed by atoms with Crippen molar-refractivity contribution in [3.8, 4) is 39.8 Å². The Kier molecular flexibility index (Phi) is 15.7. The van der Waals surface area contributed by atoms with Gasteiger partial charge in [-0.15, -0.1) is 0 Å². The lowest BCUT2D eigenvalue weighted by molar-refractivity contribution is -0.139. The molecule has 6 nitrogen and oxygen atoms in total. The Bertz CT molecular complexity index is 2830. The normalized spacial score (nSPS) is 12.9. The minimum absolute atomic E-state index is 0.296. The highest BCUT2D eigenvalue weighted by Crippen LogP contribution is 2.34. The first-order chi connectivity index (χ1) is 32.3. The number of rotatable bonds is 18. The number of thiazole rings is 1. The summed E-state index contributed by atoms with van der Waals surface area (Å²) in [5.41, 5.74) is 9.11. The Morgan fingerprint density at radius 1 is 0.833 bits per heavy atom. The Hall–Kier alpha value is -6.56. The van der Waals surface area contributed by atoms with Gasteiger partial charge in [0.2, 0.25) is 5.13 Å². The zero-order valence-electron chi connectivity index (χ0n) is 38.2. The van der Waals surface area contributed by atoms with Crippen LogP contribution in [0.1, 0.15) is 100 Å². The molecule has 8 heteroatoms. The molecule has 66 heavy (non-hydrogen) atoms. The number of esters is 1. The van der Waals surface area contributed by atoms with E-state index in [0.717, 1.165) is 62.2 Å². The number of aryl methyl sites for hydroxylation is 1. The van der Waals surface area contributed by atoms with Crippen LogP contribution in [0, 0.1) is 23.6 Å². The minimum Gasteiger partial charge on any atom is -0.493 e. The van der Waals surface area contributed by atoms with Gasteiger partial charge in [0.05, 0.1) is 29.6 Å². The molecule has 0 atom stereocenters. The number of hydrogen-bond acceptors (Lipinski definition) is 7. The van der Waals surface area contributed by atoms with Gasteiger partial charge in [0.15, 0.2) is 0 Å². The van der Waals surface area contributed by atoms with Crippen molar-refractivity contribution in [3.05, 3.63) is 162 Å². The molecule has 1 heterocycles. The largest absolute Gasteiger partial charge is 0.493 e. The molecule has 1 fully saturated rings. The summed E-state index contributed by atoms with van der Waals surface area (Å²) in [4.78, 5) is 16.6. The average Bonchev–Trinajstić information content (AvgIpc) is 3.78. The summed E-state index contributed by atoms with van der Waals surface area (Å²) in [5.74, 6) is 6.98. The van der Waals surface area contributed by atoms with Gasteiger partial charge in [-0.05, 0) is 133 Å². The molecule has 0 bridgehead atoms. The van der Waals surface area contributed by atoms with Gasteiger partial charge in [0, 0.05) is 40.4 Å². The summed E-state index contributed by atoms with van der Waals surface area (Å²) < 4.78 is 27.3. The molecular formula is C58H58FN3O3S. The number of halogens is 1. The molecule has 336 valence electrons. The number of fused-ring (bicyclic) bond motifs is 2. The number of carbonyl (C=O) groups excluding carboxylic acids is 1. The number of hydrazone groups is 1. The van der Waals surface area contributed by atoms with Crippen LogP contribution in [0.15, 0.2) is 139 Å². The van der Waals surface area contributed by atoms with E-state index in [1.807, 2.05) is 30.3 Å². The van der Waals surface area contributed by atoms with E-state index in [0.29, 0.717) is 48.9 Å². The fourth-order valence-corrected chi connectivity index (χ4v) is 9.45. The molecule has 0 spiro atoms. The third-order valence-corrected chi connectivity index (χ3v) is 13.3. The number of unbranched alkanes of at least 4 members (excludes halogenated alkanes) is 3. The second-order valence-corrected chi connectivity index (χ2v) is 18.4. The van der Waals surface area contributed by atoms with E-state index in [1.54, 1.807) is 30.4 Å². The van der Waals surface area contributed by atoms with Crippen LogP contribution in [0.2, 0.25) is 0 Å². The van der Waals surface area contributed by atoms with Crippen molar-refractivity contribution in [1.82, 2.24) is 4.98 Å². The maximum atomic E-state index is 15.3. The molecular weight excluding hydrogens is 838 g/mol. The van der Waals surface area contributed by atoms with Gasteiger partial charge in [-0.2, -0.15) is 5.10 Å². The Balaban J connectivity index is 1.02. The van der Waals surface area contributed by atoms with Crippen molar-refractivity contribution >= 4 is 49.6 Å². The first-order valence-electron chi connectivity index (χ1n) is 23.5. The van der Waals surface area contributed by atoms with Crippen LogP contribution >= 0.6 is 11.3 Å². The maximum Gasteiger partial charge on any atom is 0.333 e. The molecule has 0 unspecified atom stereocenters. The van der Waals surface area contributed by atoms with Crippen LogP contribution in [0.4, 0.5) is 9.52 Å². The smallest absolute Gasteiger partial charge is 0.333 e. The van der Waals surface area contributed by atoms with Gasteiger partial charge < -0.3 is 9.47 Å². The van der Waals surface area contributed by atoms with Crippen LogP contribution in [0.25, 0.3) is 43.2 Å². The van der Waals surface area contributed by atoms with Gasteiger partial charge in [-0.25, -0.2) is 19.2 Å². The molecule has 0 N–H and O–H groups in total. The molecule has 0 aliphatic heterocycles. The molecule has 0 saturated heterocycles. The van der Waals surface area contributed by atoms with E-state index in [2.05, 4.69) is 109 Å². The van der Waals surface area contributed by atoms with E-state index < -0.39 is 5.97 Å². The fourth-order valence-electron chi connectivity index (χ4n) is 8.52. The summed E-state index contributed by atoms with van der Waals surface area (Å²) in [6.45, 7) is 8.98. The number of hydrogen-bond donors (Lipinski definition) is 0. The highest BCUT2D eigenvalue weighted by Gasteiger charge is 2.21. The van der Waals surface area contributed by atoms with Crippen LogP contribution in [-0.4, -0.2) is 36.9 Å². The molecule has 1 aliphatic carbocycles. The van der Waals surface area contributed by atoms with Crippen molar-refractivity contribution in [2.45, 2.75) is 84.5 Å². The lowest BCUT2D eigenvalue weighted by Crippen LogP contribution is -2.26. The first-order valence-corrected chi connectivity index (χ1v) is 24.3. The number of ether oxygens (including phenoxy) is 2. The average molecular weight is 896 g/mol. The molecule has 6 aromatic carbocycles. The predicted molar refractivity (Wildman–Crippen MR) is 272 cm³/mol. The molecule has 7 aromatic rings. The van der Waals surface area contributed by atoms with E-state index >= 15 is 4.39 Å². The third kappa shape index (κ3) is 12.0. The van der Waals surface area contributed by atoms with Crippen molar-refractivity contribution in [1.29, 1.82) is 0 Å². The lowest BCUT2D eigenvalue weighted by Gasteiger charge is -2.26. The molecule has 0 amide bonds. The molecule has 1 aliphatic rings.